The van der Waals surface area contributed by atoms with Crippen molar-refractivity contribution in [1.82, 2.24) is 9.47 Å². The molecule has 1 saturated carbocycles. The van der Waals surface area contributed by atoms with E-state index < -0.39 is 62.5 Å². The maximum atomic E-state index is 15.6. The zero-order valence-corrected chi connectivity index (χ0v) is 24.2. The van der Waals surface area contributed by atoms with Crippen LogP contribution in [-0.4, -0.2) is 94.6 Å². The summed E-state index contributed by atoms with van der Waals surface area (Å²) in [6.45, 7) is 1.57. The number of piperazine rings is 1. The number of carboxylic acid groups (broad SMARTS) is 1. The third kappa shape index (κ3) is 7.83. The number of aliphatic hydroxyl groups is 1. The zero-order chi connectivity index (χ0) is 31.8. The SMILES string of the molecule is COc1c(N2CCN(C(=O)OCOC(=O)CCC(O)C=O)C(C)C2)c(F)cc2c(=O)c(C(=O)O)cn(C3CC3)c12.O=PO. The van der Waals surface area contributed by atoms with E-state index in [-0.39, 0.29) is 55.3 Å². The van der Waals surface area contributed by atoms with Gasteiger partial charge in [-0.3, -0.25) is 9.59 Å². The van der Waals surface area contributed by atoms with Gasteiger partial charge in [-0.1, -0.05) is 0 Å². The summed E-state index contributed by atoms with van der Waals surface area (Å²) in [5.74, 6) is -2.80. The number of fused-ring (bicyclic) bond motifs is 1. The van der Waals surface area contributed by atoms with Crippen LogP contribution in [0.5, 0.6) is 5.75 Å². The Hall–Kier alpha value is -4.14. The molecule has 17 heteroatoms. The molecule has 234 valence electrons. The van der Waals surface area contributed by atoms with Crippen LogP contribution in [0.3, 0.4) is 0 Å². The van der Waals surface area contributed by atoms with Crippen LogP contribution in [0, 0.1) is 5.82 Å². The number of nitrogens with zero attached hydrogens (tertiary/aromatic N) is 3. The molecule has 3 N–H and O–H groups in total. The fourth-order valence-corrected chi connectivity index (χ4v) is 4.79. The number of aromatic carboxylic acids is 1. The van der Waals surface area contributed by atoms with Crippen LogP contribution in [0.1, 0.15) is 49.0 Å². The summed E-state index contributed by atoms with van der Waals surface area (Å²) in [4.78, 5) is 69.3. The van der Waals surface area contributed by atoms with Gasteiger partial charge in [-0.25, -0.2) is 18.5 Å². The number of esters is 1. The van der Waals surface area contributed by atoms with Crippen LogP contribution in [0.2, 0.25) is 0 Å². The number of hydrogen-bond acceptors (Lipinski definition) is 11. The quantitative estimate of drug-likeness (QED) is 0.149. The number of rotatable bonds is 10. The van der Waals surface area contributed by atoms with E-state index in [0.29, 0.717) is 11.8 Å². The molecular formula is C26H31FN3O12P. The van der Waals surface area contributed by atoms with Gasteiger partial charge in [0.15, 0.2) is 11.6 Å². The van der Waals surface area contributed by atoms with Crippen molar-refractivity contribution in [1.29, 1.82) is 0 Å². The molecule has 2 fully saturated rings. The van der Waals surface area contributed by atoms with E-state index in [1.807, 2.05) is 0 Å². The standard InChI is InChI=1S/C26H30FN3O10.HO2P/c1-14-10-28(7-8-29(14)26(37)40-13-39-20(33)6-5-16(32)12-31)22-19(27)9-17-21(24(22)38-2)30(15-3-4-15)11-18(23(17)34)25(35)36;1-3-2/h9,11-12,14-16,32H,3-8,10,13H2,1-2H3,(H,35,36);(H,1,2). The number of amides is 1. The van der Waals surface area contributed by atoms with E-state index in [2.05, 4.69) is 0 Å². The molecule has 1 aromatic carbocycles. The Labute approximate surface area is 245 Å². The van der Waals surface area contributed by atoms with E-state index in [9.17, 15) is 29.1 Å². The van der Waals surface area contributed by atoms with Crippen LogP contribution in [0.4, 0.5) is 14.9 Å². The van der Waals surface area contributed by atoms with Crippen LogP contribution in [-0.2, 0) is 23.6 Å². The zero-order valence-electron chi connectivity index (χ0n) is 23.3. The molecule has 15 nitrogen and oxygen atoms in total. The summed E-state index contributed by atoms with van der Waals surface area (Å²) in [6, 6.07) is 0.539. The second kappa shape index (κ2) is 14.8. The van der Waals surface area contributed by atoms with E-state index in [1.54, 1.807) is 16.4 Å². The monoisotopic (exact) mass is 627 g/mol. The van der Waals surface area contributed by atoms with E-state index in [1.165, 1.54) is 18.2 Å². The summed E-state index contributed by atoms with van der Waals surface area (Å²) >= 11 is 0. The molecule has 1 aliphatic heterocycles. The second-order valence-electron chi connectivity index (χ2n) is 9.81. The van der Waals surface area contributed by atoms with Crippen LogP contribution in [0.15, 0.2) is 17.1 Å². The number of aliphatic hydroxyl groups excluding tert-OH is 1. The highest BCUT2D eigenvalue weighted by Crippen LogP contribution is 2.44. The molecule has 0 bridgehead atoms. The average molecular weight is 628 g/mol. The lowest BCUT2D eigenvalue weighted by Crippen LogP contribution is -2.54. The molecular weight excluding hydrogens is 596 g/mol. The number of halogens is 1. The highest BCUT2D eigenvalue weighted by Gasteiger charge is 2.34. The van der Waals surface area contributed by atoms with Gasteiger partial charge >= 0.3 is 26.7 Å². The van der Waals surface area contributed by atoms with Crippen molar-refractivity contribution in [2.24, 2.45) is 0 Å². The van der Waals surface area contributed by atoms with E-state index in [4.69, 9.17) is 28.8 Å². The highest BCUT2D eigenvalue weighted by molar-refractivity contribution is 7.16. The lowest BCUT2D eigenvalue weighted by molar-refractivity contribution is -0.153. The Kier molecular flexibility index (Phi) is 11.5. The third-order valence-corrected chi connectivity index (χ3v) is 6.95. The number of methoxy groups -OCH3 is 1. The van der Waals surface area contributed by atoms with Gasteiger partial charge < -0.3 is 48.5 Å². The molecule has 43 heavy (non-hydrogen) atoms. The van der Waals surface area contributed by atoms with Gasteiger partial charge in [0.1, 0.15) is 23.6 Å². The fourth-order valence-electron chi connectivity index (χ4n) is 4.79. The maximum absolute atomic E-state index is 15.6. The Morgan fingerprint density at radius 1 is 1.23 bits per heavy atom. The first-order valence-electron chi connectivity index (χ1n) is 13.1. The smallest absolute Gasteiger partial charge is 0.413 e. The fraction of sp³-hybridized carbons (Fsp3) is 0.500. The number of carbonyl (C=O) groups is 4. The Bertz CT molecular complexity index is 1450. The third-order valence-electron chi connectivity index (χ3n) is 6.95. The predicted octanol–water partition coefficient (Wildman–Crippen LogP) is 1.86. The first-order valence-corrected chi connectivity index (χ1v) is 13.9. The molecule has 0 spiro atoms. The molecule has 1 amide bonds. The van der Waals surface area contributed by atoms with Crippen molar-refractivity contribution < 1.29 is 57.5 Å². The molecule has 2 unspecified atom stereocenters. The van der Waals surface area contributed by atoms with Crippen LogP contribution in [0.25, 0.3) is 10.9 Å². The molecule has 2 heterocycles. The summed E-state index contributed by atoms with van der Waals surface area (Å²) in [5, 5.41) is 18.6. The Balaban J connectivity index is 0.00000162. The van der Waals surface area contributed by atoms with Crippen LogP contribution < -0.4 is 15.1 Å². The van der Waals surface area contributed by atoms with Crippen molar-refractivity contribution >= 4 is 49.6 Å². The minimum absolute atomic E-state index is 0.0388. The van der Waals surface area contributed by atoms with Crippen molar-refractivity contribution in [2.75, 3.05) is 38.4 Å². The highest BCUT2D eigenvalue weighted by atomic mass is 31.1. The molecule has 0 radical (unpaired) electrons. The molecule has 2 aliphatic rings. The molecule has 2 aromatic rings. The van der Waals surface area contributed by atoms with Crippen LogP contribution >= 0.6 is 8.69 Å². The molecule has 1 aromatic heterocycles. The lowest BCUT2D eigenvalue weighted by Gasteiger charge is -2.40. The van der Waals surface area contributed by atoms with Gasteiger partial charge in [-0.05, 0) is 32.3 Å². The summed E-state index contributed by atoms with van der Waals surface area (Å²) in [7, 11) is 0.516. The van der Waals surface area contributed by atoms with Gasteiger partial charge in [0.25, 0.3) is 0 Å². The normalized spacial score (nSPS) is 17.1. The largest absolute Gasteiger partial charge is 0.492 e. The average Bonchev–Trinajstić information content (AvgIpc) is 3.81. The summed E-state index contributed by atoms with van der Waals surface area (Å²) in [5.41, 5.74) is -0.838. The number of aromatic nitrogens is 1. The van der Waals surface area contributed by atoms with Crippen molar-refractivity contribution in [3.05, 3.63) is 33.9 Å². The first kappa shape index (κ1) is 33.4. The number of pyridine rings is 1. The summed E-state index contributed by atoms with van der Waals surface area (Å²) in [6.07, 6.45) is 0.780. The lowest BCUT2D eigenvalue weighted by atomic mass is 10.1. The number of carbonyl (C=O) groups excluding carboxylic acids is 3. The number of ether oxygens (including phenoxy) is 3. The van der Waals surface area contributed by atoms with Crippen molar-refractivity contribution in [3.63, 3.8) is 0 Å². The van der Waals surface area contributed by atoms with Crippen molar-refractivity contribution in [3.8, 4) is 5.75 Å². The first-order chi connectivity index (χ1) is 20.5. The number of carboxylic acids is 1. The minimum Gasteiger partial charge on any atom is -0.492 e. The topological polar surface area (TPSA) is 202 Å². The molecule has 1 saturated heterocycles. The second-order valence-corrected chi connectivity index (χ2v) is 9.97. The van der Waals surface area contributed by atoms with Gasteiger partial charge in [0.2, 0.25) is 12.2 Å². The van der Waals surface area contributed by atoms with Gasteiger partial charge in [0.05, 0.1) is 18.0 Å². The molecule has 1 aliphatic carbocycles. The Morgan fingerprint density at radius 2 is 1.91 bits per heavy atom. The number of aldehydes is 1. The number of anilines is 1. The van der Waals surface area contributed by atoms with Gasteiger partial charge in [-0.2, -0.15) is 0 Å². The predicted molar refractivity (Wildman–Crippen MR) is 147 cm³/mol. The number of benzene rings is 1. The van der Waals surface area contributed by atoms with E-state index >= 15 is 4.39 Å². The molecule has 2 atom stereocenters. The minimum atomic E-state index is -1.40. The number of hydrogen-bond donors (Lipinski definition) is 3. The summed E-state index contributed by atoms with van der Waals surface area (Å²) < 4.78 is 41.1. The molecule has 4 rings (SSSR count). The van der Waals surface area contributed by atoms with Crippen molar-refractivity contribution in [2.45, 2.75) is 50.8 Å². The maximum Gasteiger partial charge on any atom is 0.413 e. The van der Waals surface area contributed by atoms with Gasteiger partial charge in [-0.15, -0.1) is 0 Å². The van der Waals surface area contributed by atoms with Gasteiger partial charge in [0, 0.05) is 44.3 Å². The Morgan fingerprint density at radius 3 is 2.47 bits per heavy atom. The van der Waals surface area contributed by atoms with E-state index in [0.717, 1.165) is 18.9 Å².